The first-order chi connectivity index (χ1) is 8.54. The number of nitrogen functional groups attached to an aromatic ring is 1. The molecule has 1 unspecified atom stereocenters. The van der Waals surface area contributed by atoms with Crippen LogP contribution in [-0.4, -0.2) is 24.2 Å². The van der Waals surface area contributed by atoms with Crippen LogP contribution in [0.1, 0.15) is 30.1 Å². The summed E-state index contributed by atoms with van der Waals surface area (Å²) in [6.45, 7) is 2.72. The predicted octanol–water partition coefficient (Wildman–Crippen LogP) is 2.06. The van der Waals surface area contributed by atoms with E-state index in [4.69, 9.17) is 22.4 Å². The van der Waals surface area contributed by atoms with Gasteiger partial charge in [0.2, 0.25) is 0 Å². The zero-order valence-corrected chi connectivity index (χ0v) is 11.2. The van der Waals surface area contributed by atoms with Crippen molar-refractivity contribution in [2.75, 3.05) is 18.9 Å². The molecule has 0 fully saturated rings. The van der Waals surface area contributed by atoms with Gasteiger partial charge in [-0.25, -0.2) is 0 Å². The fourth-order valence-corrected chi connectivity index (χ4v) is 1.76. The molecule has 0 aliphatic rings. The number of nitrogens with one attached hydrogen (secondary N) is 1. The maximum atomic E-state index is 11.8. The van der Waals surface area contributed by atoms with Crippen molar-refractivity contribution in [2.24, 2.45) is 5.92 Å². The van der Waals surface area contributed by atoms with E-state index in [-0.39, 0.29) is 18.4 Å². The number of halogens is 1. The van der Waals surface area contributed by atoms with Gasteiger partial charge in [-0.05, 0) is 37.0 Å². The predicted molar refractivity (Wildman–Crippen MR) is 73.7 cm³/mol. The Balaban J connectivity index is 2.41. The van der Waals surface area contributed by atoms with E-state index in [9.17, 15) is 4.79 Å². The van der Waals surface area contributed by atoms with E-state index in [2.05, 4.69) is 5.32 Å². The Bertz CT molecular complexity index is 410. The molecule has 18 heavy (non-hydrogen) atoms. The Morgan fingerprint density at radius 2 is 2.28 bits per heavy atom. The highest BCUT2D eigenvalue weighted by atomic mass is 35.5. The number of hydrogen-bond donors (Lipinski definition) is 3. The van der Waals surface area contributed by atoms with Gasteiger partial charge in [0.1, 0.15) is 0 Å². The normalized spacial score (nSPS) is 12.2. The van der Waals surface area contributed by atoms with Crippen molar-refractivity contribution in [1.82, 2.24) is 5.32 Å². The molecule has 5 heteroatoms. The molecule has 1 rings (SSSR count). The quantitative estimate of drug-likeness (QED) is 0.547. The van der Waals surface area contributed by atoms with Gasteiger partial charge in [0.05, 0.1) is 5.56 Å². The number of aliphatic hydroxyl groups is 1. The molecular formula is C13H19ClN2O2. The summed E-state index contributed by atoms with van der Waals surface area (Å²) < 4.78 is 0. The molecule has 0 bridgehead atoms. The third kappa shape index (κ3) is 4.55. The Kier molecular flexibility index (Phi) is 5.95. The lowest BCUT2D eigenvalue weighted by molar-refractivity contribution is 0.0953. The van der Waals surface area contributed by atoms with Crippen molar-refractivity contribution in [2.45, 2.75) is 19.8 Å². The fourth-order valence-electron chi connectivity index (χ4n) is 1.58. The highest BCUT2D eigenvalue weighted by molar-refractivity contribution is 6.31. The molecule has 1 aromatic rings. The van der Waals surface area contributed by atoms with Crippen molar-refractivity contribution in [1.29, 1.82) is 0 Å². The number of nitrogens with two attached hydrogens (primary N) is 1. The maximum absolute atomic E-state index is 11.8. The average molecular weight is 271 g/mol. The summed E-state index contributed by atoms with van der Waals surface area (Å²) in [6, 6.07) is 4.81. The highest BCUT2D eigenvalue weighted by Crippen LogP contribution is 2.17. The van der Waals surface area contributed by atoms with Gasteiger partial charge in [0, 0.05) is 23.9 Å². The van der Waals surface area contributed by atoms with E-state index < -0.39 is 0 Å². The molecule has 1 amide bonds. The summed E-state index contributed by atoms with van der Waals surface area (Å²) >= 11 is 5.76. The van der Waals surface area contributed by atoms with E-state index in [1.54, 1.807) is 18.2 Å². The Morgan fingerprint density at radius 3 is 2.89 bits per heavy atom. The number of anilines is 1. The smallest absolute Gasteiger partial charge is 0.253 e. The highest BCUT2D eigenvalue weighted by Gasteiger charge is 2.09. The van der Waals surface area contributed by atoms with Crippen LogP contribution in [0, 0.1) is 5.92 Å². The average Bonchev–Trinajstić information content (AvgIpc) is 2.34. The number of benzene rings is 1. The van der Waals surface area contributed by atoms with E-state index in [0.29, 0.717) is 22.8 Å². The maximum Gasteiger partial charge on any atom is 0.253 e. The van der Waals surface area contributed by atoms with Crippen LogP contribution in [0.3, 0.4) is 0 Å². The van der Waals surface area contributed by atoms with Gasteiger partial charge in [-0.2, -0.15) is 0 Å². The van der Waals surface area contributed by atoms with Gasteiger partial charge < -0.3 is 16.2 Å². The zero-order chi connectivity index (χ0) is 13.5. The van der Waals surface area contributed by atoms with Crippen molar-refractivity contribution in [3.8, 4) is 0 Å². The minimum absolute atomic E-state index is 0.179. The molecule has 1 atom stereocenters. The first kappa shape index (κ1) is 14.8. The van der Waals surface area contributed by atoms with Crippen LogP contribution in [0.25, 0.3) is 0 Å². The largest absolute Gasteiger partial charge is 0.398 e. The second-order valence-electron chi connectivity index (χ2n) is 4.42. The fraction of sp³-hybridized carbons (Fsp3) is 0.462. The molecule has 4 nitrogen and oxygen atoms in total. The van der Waals surface area contributed by atoms with Crippen LogP contribution in [0.2, 0.25) is 5.02 Å². The summed E-state index contributed by atoms with van der Waals surface area (Å²) in [6.07, 6.45) is 1.72. The summed E-state index contributed by atoms with van der Waals surface area (Å²) in [4.78, 5) is 11.8. The van der Waals surface area contributed by atoms with Gasteiger partial charge in [-0.3, -0.25) is 4.79 Å². The third-order valence-electron chi connectivity index (χ3n) is 2.73. The molecule has 0 saturated heterocycles. The second-order valence-corrected chi connectivity index (χ2v) is 4.85. The molecule has 1 aromatic carbocycles. The number of carbonyl (C=O) groups is 1. The lowest BCUT2D eigenvalue weighted by Crippen LogP contribution is -2.25. The summed E-state index contributed by atoms with van der Waals surface area (Å²) in [5, 5.41) is 12.2. The number of rotatable bonds is 6. The lowest BCUT2D eigenvalue weighted by Gasteiger charge is -2.09. The first-order valence-electron chi connectivity index (χ1n) is 5.98. The number of amides is 1. The van der Waals surface area contributed by atoms with Gasteiger partial charge in [-0.1, -0.05) is 18.5 Å². The third-order valence-corrected chi connectivity index (χ3v) is 2.96. The van der Waals surface area contributed by atoms with Crippen molar-refractivity contribution in [3.05, 3.63) is 28.8 Å². The van der Waals surface area contributed by atoms with Gasteiger partial charge in [-0.15, -0.1) is 0 Å². The van der Waals surface area contributed by atoms with Crippen LogP contribution in [0.5, 0.6) is 0 Å². The molecule has 0 aliphatic heterocycles. The van der Waals surface area contributed by atoms with Crippen LogP contribution < -0.4 is 11.1 Å². The van der Waals surface area contributed by atoms with Crippen molar-refractivity contribution >= 4 is 23.2 Å². The molecule has 0 saturated carbocycles. The van der Waals surface area contributed by atoms with E-state index in [0.717, 1.165) is 12.8 Å². The minimum atomic E-state index is -0.194. The Hall–Kier alpha value is -1.26. The van der Waals surface area contributed by atoms with Gasteiger partial charge in [0.15, 0.2) is 0 Å². The molecule has 0 aromatic heterocycles. The number of aliphatic hydroxyl groups excluding tert-OH is 1. The first-order valence-corrected chi connectivity index (χ1v) is 6.36. The number of hydrogen-bond acceptors (Lipinski definition) is 3. The monoisotopic (exact) mass is 270 g/mol. The molecule has 0 radical (unpaired) electrons. The Morgan fingerprint density at radius 1 is 1.56 bits per heavy atom. The van der Waals surface area contributed by atoms with Crippen LogP contribution in [-0.2, 0) is 0 Å². The molecular weight excluding hydrogens is 252 g/mol. The lowest BCUT2D eigenvalue weighted by atomic mass is 10.1. The molecule has 0 spiro atoms. The van der Waals surface area contributed by atoms with Crippen LogP contribution in [0.15, 0.2) is 18.2 Å². The van der Waals surface area contributed by atoms with Crippen molar-refractivity contribution in [3.63, 3.8) is 0 Å². The van der Waals surface area contributed by atoms with Crippen LogP contribution in [0.4, 0.5) is 5.69 Å². The van der Waals surface area contributed by atoms with Crippen LogP contribution >= 0.6 is 11.6 Å². The summed E-state index contributed by atoms with van der Waals surface area (Å²) in [5.41, 5.74) is 6.54. The van der Waals surface area contributed by atoms with Gasteiger partial charge >= 0.3 is 0 Å². The van der Waals surface area contributed by atoms with E-state index >= 15 is 0 Å². The second kappa shape index (κ2) is 7.24. The van der Waals surface area contributed by atoms with E-state index in [1.165, 1.54) is 0 Å². The molecule has 4 N–H and O–H groups in total. The van der Waals surface area contributed by atoms with E-state index in [1.807, 2.05) is 6.92 Å². The number of carbonyl (C=O) groups excluding carboxylic acids is 1. The summed E-state index contributed by atoms with van der Waals surface area (Å²) in [7, 11) is 0. The molecule has 0 heterocycles. The standard InChI is InChI=1S/C13H19ClN2O2/c1-9(8-17)3-2-6-16-13(18)11-5-4-10(14)7-12(11)15/h4-5,7,9,17H,2-3,6,8,15H2,1H3,(H,16,18). The minimum Gasteiger partial charge on any atom is -0.398 e. The van der Waals surface area contributed by atoms with Crippen molar-refractivity contribution < 1.29 is 9.90 Å². The Labute approximate surface area is 112 Å². The molecule has 0 aliphatic carbocycles. The SMILES string of the molecule is CC(CO)CCCNC(=O)c1ccc(Cl)cc1N. The topological polar surface area (TPSA) is 75.3 Å². The summed E-state index contributed by atoms with van der Waals surface area (Å²) in [5.74, 6) is 0.0725. The zero-order valence-electron chi connectivity index (χ0n) is 10.4. The van der Waals surface area contributed by atoms with Gasteiger partial charge in [0.25, 0.3) is 5.91 Å². The molecule has 100 valence electrons.